The Hall–Kier alpha value is -3.35. The second kappa shape index (κ2) is 8.56. The summed E-state index contributed by atoms with van der Waals surface area (Å²) in [5.41, 5.74) is 2.96. The van der Waals surface area contributed by atoms with E-state index in [1.165, 1.54) is 4.90 Å². The predicted octanol–water partition coefficient (Wildman–Crippen LogP) is 3.40. The minimum absolute atomic E-state index is 0.0557. The smallest absolute Gasteiger partial charge is 0.260 e. The molecule has 0 atom stereocenters. The van der Waals surface area contributed by atoms with Crippen molar-refractivity contribution in [1.82, 2.24) is 15.0 Å². The van der Waals surface area contributed by atoms with Crippen molar-refractivity contribution in [3.05, 3.63) is 59.5 Å². The molecule has 3 aromatic rings. The first kappa shape index (κ1) is 19.4. The molecule has 0 aliphatic heterocycles. The molecule has 1 heterocycles. The molecule has 0 bridgehead atoms. The number of carbonyl (C=O) groups excluding carboxylic acids is 1. The first-order valence-electron chi connectivity index (χ1n) is 8.87. The van der Waals surface area contributed by atoms with Gasteiger partial charge in [0, 0.05) is 12.6 Å². The van der Waals surface area contributed by atoms with Crippen LogP contribution in [0.2, 0.25) is 0 Å². The maximum atomic E-state index is 12.3. The molecule has 1 aromatic heterocycles. The van der Waals surface area contributed by atoms with Gasteiger partial charge in [-0.2, -0.15) is 4.98 Å². The summed E-state index contributed by atoms with van der Waals surface area (Å²) in [4.78, 5) is 18.2. The van der Waals surface area contributed by atoms with Gasteiger partial charge in [-0.3, -0.25) is 4.79 Å². The van der Waals surface area contributed by atoms with Crippen molar-refractivity contribution in [3.63, 3.8) is 0 Å². The lowest BCUT2D eigenvalue weighted by Gasteiger charge is -2.16. The van der Waals surface area contributed by atoms with E-state index in [1.807, 2.05) is 56.3 Å². The average molecular weight is 381 g/mol. The summed E-state index contributed by atoms with van der Waals surface area (Å²) in [6.07, 6.45) is 0. The average Bonchev–Trinajstić information content (AvgIpc) is 3.15. The van der Waals surface area contributed by atoms with Crippen LogP contribution in [0.1, 0.15) is 17.0 Å². The molecule has 146 valence electrons. The number of amides is 1. The molecule has 0 unspecified atom stereocenters. The highest BCUT2D eigenvalue weighted by Gasteiger charge is 2.16. The number of methoxy groups -OCH3 is 1. The van der Waals surface area contributed by atoms with Crippen molar-refractivity contribution in [3.8, 4) is 22.9 Å². The van der Waals surface area contributed by atoms with Crippen molar-refractivity contribution < 1.29 is 18.8 Å². The Bertz CT molecular complexity index is 951. The molecule has 0 aliphatic rings. The number of benzene rings is 2. The molecule has 3 rings (SSSR count). The molecule has 0 fully saturated rings. The summed E-state index contributed by atoms with van der Waals surface area (Å²) < 4.78 is 16.0. The Morgan fingerprint density at radius 1 is 1.14 bits per heavy atom. The molecule has 0 N–H and O–H groups in total. The normalized spacial score (nSPS) is 10.6. The summed E-state index contributed by atoms with van der Waals surface area (Å²) in [5, 5.41) is 3.97. The van der Waals surface area contributed by atoms with Crippen LogP contribution < -0.4 is 9.47 Å². The van der Waals surface area contributed by atoms with Crippen molar-refractivity contribution >= 4 is 5.91 Å². The number of aryl methyl sites for hydroxylation is 2. The second-order valence-corrected chi connectivity index (χ2v) is 6.55. The topological polar surface area (TPSA) is 77.7 Å². The number of aromatic nitrogens is 2. The Labute approximate surface area is 163 Å². The van der Waals surface area contributed by atoms with Gasteiger partial charge in [0.1, 0.15) is 11.5 Å². The monoisotopic (exact) mass is 381 g/mol. The summed E-state index contributed by atoms with van der Waals surface area (Å²) in [6, 6.07) is 13.2. The molecule has 1 amide bonds. The van der Waals surface area contributed by atoms with Crippen LogP contribution in [0.3, 0.4) is 0 Å². The molecule has 0 saturated carbocycles. The zero-order chi connectivity index (χ0) is 20.1. The van der Waals surface area contributed by atoms with Crippen molar-refractivity contribution in [1.29, 1.82) is 0 Å². The summed E-state index contributed by atoms with van der Waals surface area (Å²) in [6.45, 7) is 4.12. The van der Waals surface area contributed by atoms with Gasteiger partial charge in [-0.1, -0.05) is 22.9 Å². The minimum atomic E-state index is -0.177. The standard InChI is InChI=1S/C21H23N3O4/c1-14-5-10-18(15(2)11-14)27-13-20(25)24(3)12-19-22-21(23-28-19)16-6-8-17(26-4)9-7-16/h5-11H,12-13H2,1-4H3. The lowest BCUT2D eigenvalue weighted by Crippen LogP contribution is -2.31. The van der Waals surface area contributed by atoms with Gasteiger partial charge in [-0.25, -0.2) is 0 Å². The quantitative estimate of drug-likeness (QED) is 0.624. The van der Waals surface area contributed by atoms with Crippen LogP contribution in [0, 0.1) is 13.8 Å². The lowest BCUT2D eigenvalue weighted by atomic mass is 10.1. The van der Waals surface area contributed by atoms with Crippen LogP contribution >= 0.6 is 0 Å². The highest BCUT2D eigenvalue weighted by Crippen LogP contribution is 2.20. The summed E-state index contributed by atoms with van der Waals surface area (Å²) in [5.74, 6) is 2.09. The van der Waals surface area contributed by atoms with E-state index in [0.717, 1.165) is 22.4 Å². The number of hydrogen-bond acceptors (Lipinski definition) is 6. The van der Waals surface area contributed by atoms with Crippen molar-refractivity contribution in [2.24, 2.45) is 0 Å². The summed E-state index contributed by atoms with van der Waals surface area (Å²) >= 11 is 0. The van der Waals surface area contributed by atoms with Gasteiger partial charge in [-0.05, 0) is 49.7 Å². The van der Waals surface area contributed by atoms with Gasteiger partial charge in [0.2, 0.25) is 11.7 Å². The number of ether oxygens (including phenoxy) is 2. The molecule has 0 radical (unpaired) electrons. The molecule has 7 heteroatoms. The van der Waals surface area contributed by atoms with Crippen LogP contribution in [-0.4, -0.2) is 41.7 Å². The van der Waals surface area contributed by atoms with E-state index in [2.05, 4.69) is 10.1 Å². The largest absolute Gasteiger partial charge is 0.497 e. The number of carbonyl (C=O) groups is 1. The molecular weight excluding hydrogens is 358 g/mol. The lowest BCUT2D eigenvalue weighted by molar-refractivity contribution is -0.132. The highest BCUT2D eigenvalue weighted by atomic mass is 16.5. The molecule has 7 nitrogen and oxygen atoms in total. The molecule has 0 spiro atoms. The number of likely N-dealkylation sites (N-methyl/N-ethyl adjacent to an activating group) is 1. The van der Waals surface area contributed by atoms with Gasteiger partial charge in [0.15, 0.2) is 6.61 Å². The van der Waals surface area contributed by atoms with E-state index in [1.54, 1.807) is 14.2 Å². The molecule has 28 heavy (non-hydrogen) atoms. The first-order valence-corrected chi connectivity index (χ1v) is 8.87. The van der Waals surface area contributed by atoms with Gasteiger partial charge < -0.3 is 18.9 Å². The van der Waals surface area contributed by atoms with Crippen LogP contribution in [0.5, 0.6) is 11.5 Å². The third-order valence-corrected chi connectivity index (χ3v) is 4.30. The summed E-state index contributed by atoms with van der Waals surface area (Å²) in [7, 11) is 3.28. The second-order valence-electron chi connectivity index (χ2n) is 6.55. The zero-order valence-corrected chi connectivity index (χ0v) is 16.4. The Morgan fingerprint density at radius 2 is 1.89 bits per heavy atom. The van der Waals surface area contributed by atoms with Gasteiger partial charge in [-0.15, -0.1) is 0 Å². The van der Waals surface area contributed by atoms with E-state index in [-0.39, 0.29) is 19.1 Å². The molecule has 0 saturated heterocycles. The fourth-order valence-corrected chi connectivity index (χ4v) is 2.68. The molecule has 2 aromatic carbocycles. The third kappa shape index (κ3) is 4.68. The van der Waals surface area contributed by atoms with E-state index in [9.17, 15) is 4.79 Å². The van der Waals surface area contributed by atoms with Crippen LogP contribution in [-0.2, 0) is 11.3 Å². The van der Waals surface area contributed by atoms with E-state index in [0.29, 0.717) is 17.5 Å². The Balaban J connectivity index is 1.57. The van der Waals surface area contributed by atoms with E-state index < -0.39 is 0 Å². The van der Waals surface area contributed by atoms with Crippen LogP contribution in [0.25, 0.3) is 11.4 Å². The maximum Gasteiger partial charge on any atom is 0.260 e. The fourth-order valence-electron chi connectivity index (χ4n) is 2.68. The van der Waals surface area contributed by atoms with E-state index in [4.69, 9.17) is 14.0 Å². The van der Waals surface area contributed by atoms with Gasteiger partial charge in [0.05, 0.1) is 13.7 Å². The minimum Gasteiger partial charge on any atom is -0.497 e. The van der Waals surface area contributed by atoms with Crippen molar-refractivity contribution in [2.45, 2.75) is 20.4 Å². The van der Waals surface area contributed by atoms with Crippen LogP contribution in [0.4, 0.5) is 0 Å². The Kier molecular flexibility index (Phi) is 5.93. The van der Waals surface area contributed by atoms with Gasteiger partial charge >= 0.3 is 0 Å². The fraction of sp³-hybridized carbons (Fsp3) is 0.286. The Morgan fingerprint density at radius 3 is 2.57 bits per heavy atom. The zero-order valence-electron chi connectivity index (χ0n) is 16.4. The molecular formula is C21H23N3O4. The number of hydrogen-bond donors (Lipinski definition) is 0. The van der Waals surface area contributed by atoms with Crippen LogP contribution in [0.15, 0.2) is 47.0 Å². The number of rotatable bonds is 7. The maximum absolute atomic E-state index is 12.3. The van der Waals surface area contributed by atoms with Crippen molar-refractivity contribution in [2.75, 3.05) is 20.8 Å². The first-order chi connectivity index (χ1) is 13.5. The highest BCUT2D eigenvalue weighted by molar-refractivity contribution is 5.77. The number of nitrogens with zero attached hydrogens (tertiary/aromatic N) is 3. The van der Waals surface area contributed by atoms with Gasteiger partial charge in [0.25, 0.3) is 5.91 Å². The van der Waals surface area contributed by atoms with E-state index >= 15 is 0 Å². The predicted molar refractivity (Wildman–Crippen MR) is 104 cm³/mol. The SMILES string of the molecule is COc1ccc(-c2noc(CN(C)C(=O)COc3ccc(C)cc3C)n2)cc1. The third-order valence-electron chi connectivity index (χ3n) is 4.30. The molecule has 0 aliphatic carbocycles.